The molecule has 0 aliphatic heterocycles. The fraction of sp³-hybridized carbons (Fsp3) is 0.174. The standard InChI is InChI=1S/C23H21ClO4/c1-2-26-22-15-17(16-25)14-20(24)23(22)28-13-12-27-21-11-7-6-10-19(21)18-8-4-3-5-9-18/h3-11,14-16H,2,12-13H2,1H3. The third-order valence-corrected chi connectivity index (χ3v) is 4.31. The summed E-state index contributed by atoms with van der Waals surface area (Å²) in [4.78, 5) is 11.0. The zero-order valence-corrected chi connectivity index (χ0v) is 16.3. The highest BCUT2D eigenvalue weighted by molar-refractivity contribution is 6.32. The molecule has 5 heteroatoms. The van der Waals surface area contributed by atoms with Crippen LogP contribution in [0.25, 0.3) is 11.1 Å². The lowest BCUT2D eigenvalue weighted by molar-refractivity contribution is 0.112. The van der Waals surface area contributed by atoms with Gasteiger partial charge in [0.2, 0.25) is 0 Å². The highest BCUT2D eigenvalue weighted by atomic mass is 35.5. The first-order valence-corrected chi connectivity index (χ1v) is 9.42. The third kappa shape index (κ3) is 4.84. The summed E-state index contributed by atoms with van der Waals surface area (Å²) in [5, 5.41) is 0.331. The van der Waals surface area contributed by atoms with Gasteiger partial charge < -0.3 is 14.2 Å². The van der Waals surface area contributed by atoms with Gasteiger partial charge in [0.05, 0.1) is 11.6 Å². The van der Waals surface area contributed by atoms with Gasteiger partial charge in [-0.05, 0) is 30.7 Å². The molecule has 0 heterocycles. The molecule has 0 radical (unpaired) electrons. The van der Waals surface area contributed by atoms with Gasteiger partial charge in [-0.15, -0.1) is 0 Å². The average Bonchev–Trinajstić information content (AvgIpc) is 2.73. The Morgan fingerprint density at radius 2 is 1.57 bits per heavy atom. The van der Waals surface area contributed by atoms with Crippen LogP contribution in [0.3, 0.4) is 0 Å². The molecule has 0 saturated carbocycles. The van der Waals surface area contributed by atoms with Gasteiger partial charge in [-0.25, -0.2) is 0 Å². The molecule has 0 aliphatic rings. The van der Waals surface area contributed by atoms with Crippen molar-refractivity contribution in [2.75, 3.05) is 19.8 Å². The van der Waals surface area contributed by atoms with Crippen LogP contribution < -0.4 is 14.2 Å². The van der Waals surface area contributed by atoms with Crippen molar-refractivity contribution in [1.29, 1.82) is 0 Å². The lowest BCUT2D eigenvalue weighted by atomic mass is 10.1. The van der Waals surface area contributed by atoms with Crippen LogP contribution in [0.2, 0.25) is 5.02 Å². The van der Waals surface area contributed by atoms with Crippen molar-refractivity contribution >= 4 is 17.9 Å². The van der Waals surface area contributed by atoms with Crippen LogP contribution in [0.4, 0.5) is 0 Å². The van der Waals surface area contributed by atoms with Crippen molar-refractivity contribution in [1.82, 2.24) is 0 Å². The molecular formula is C23H21ClO4. The zero-order valence-electron chi connectivity index (χ0n) is 15.6. The number of hydrogen-bond acceptors (Lipinski definition) is 4. The van der Waals surface area contributed by atoms with Crippen molar-refractivity contribution in [3.05, 3.63) is 77.3 Å². The van der Waals surface area contributed by atoms with E-state index in [1.54, 1.807) is 12.1 Å². The fourth-order valence-electron chi connectivity index (χ4n) is 2.80. The molecule has 0 aliphatic carbocycles. The van der Waals surface area contributed by atoms with E-state index < -0.39 is 0 Å². The van der Waals surface area contributed by atoms with Gasteiger partial charge in [0, 0.05) is 11.1 Å². The van der Waals surface area contributed by atoms with Crippen LogP contribution in [0.5, 0.6) is 17.2 Å². The topological polar surface area (TPSA) is 44.8 Å². The summed E-state index contributed by atoms with van der Waals surface area (Å²) in [6.45, 7) is 2.91. The van der Waals surface area contributed by atoms with Crippen LogP contribution in [0.1, 0.15) is 17.3 Å². The molecule has 3 rings (SSSR count). The highest BCUT2D eigenvalue weighted by Crippen LogP contribution is 2.36. The number of benzene rings is 3. The SMILES string of the molecule is CCOc1cc(C=O)cc(Cl)c1OCCOc1ccccc1-c1ccccc1. The molecule has 3 aromatic rings. The van der Waals surface area contributed by atoms with E-state index in [1.165, 1.54) is 0 Å². The molecule has 0 bridgehead atoms. The Kier molecular flexibility index (Phi) is 6.93. The molecule has 144 valence electrons. The molecule has 0 unspecified atom stereocenters. The summed E-state index contributed by atoms with van der Waals surface area (Å²) in [5.41, 5.74) is 2.55. The third-order valence-electron chi connectivity index (χ3n) is 4.03. The van der Waals surface area contributed by atoms with E-state index in [4.69, 9.17) is 25.8 Å². The van der Waals surface area contributed by atoms with Gasteiger partial charge >= 0.3 is 0 Å². The Bertz CT molecular complexity index is 925. The Labute approximate surface area is 169 Å². The van der Waals surface area contributed by atoms with Crippen LogP contribution in [0, 0.1) is 0 Å². The van der Waals surface area contributed by atoms with Gasteiger partial charge in [-0.3, -0.25) is 4.79 Å². The minimum absolute atomic E-state index is 0.281. The fourth-order valence-corrected chi connectivity index (χ4v) is 3.08. The molecule has 0 spiro atoms. The molecule has 0 amide bonds. The van der Waals surface area contributed by atoms with Crippen LogP contribution in [-0.4, -0.2) is 26.1 Å². The molecule has 0 saturated heterocycles. The molecule has 0 N–H and O–H groups in total. The van der Waals surface area contributed by atoms with E-state index in [-0.39, 0.29) is 6.61 Å². The smallest absolute Gasteiger partial charge is 0.179 e. The number of ether oxygens (including phenoxy) is 3. The summed E-state index contributed by atoms with van der Waals surface area (Å²) in [5.74, 6) is 1.64. The second-order valence-corrected chi connectivity index (χ2v) is 6.35. The number of rotatable bonds is 9. The molecule has 28 heavy (non-hydrogen) atoms. The number of para-hydroxylation sites is 1. The quantitative estimate of drug-likeness (QED) is 0.345. The maximum absolute atomic E-state index is 11.0. The van der Waals surface area contributed by atoms with Gasteiger partial charge in [-0.1, -0.05) is 60.1 Å². The first-order chi connectivity index (χ1) is 13.7. The molecule has 4 nitrogen and oxygen atoms in total. The van der Waals surface area contributed by atoms with Gasteiger partial charge in [0.15, 0.2) is 11.5 Å². The Hall–Kier alpha value is -2.98. The second-order valence-electron chi connectivity index (χ2n) is 5.94. The first kappa shape index (κ1) is 19.8. The van der Waals surface area contributed by atoms with E-state index in [0.717, 1.165) is 23.2 Å². The largest absolute Gasteiger partial charge is 0.490 e. The lowest BCUT2D eigenvalue weighted by Crippen LogP contribution is -2.11. The molecule has 3 aromatic carbocycles. The number of hydrogen-bond donors (Lipinski definition) is 0. The maximum atomic E-state index is 11.0. The monoisotopic (exact) mass is 396 g/mol. The summed E-state index contributed by atoms with van der Waals surface area (Å²) in [7, 11) is 0. The Morgan fingerprint density at radius 1 is 0.857 bits per heavy atom. The van der Waals surface area contributed by atoms with Crippen LogP contribution in [0.15, 0.2) is 66.7 Å². The number of carbonyl (C=O) groups is 1. The summed E-state index contributed by atoms with van der Waals surface area (Å²) in [6, 6.07) is 21.1. The van der Waals surface area contributed by atoms with E-state index in [2.05, 4.69) is 0 Å². The van der Waals surface area contributed by atoms with Gasteiger partial charge in [0.25, 0.3) is 0 Å². The molecule has 0 atom stereocenters. The second kappa shape index (κ2) is 9.81. The summed E-state index contributed by atoms with van der Waals surface area (Å²) >= 11 is 6.25. The van der Waals surface area contributed by atoms with E-state index in [9.17, 15) is 4.79 Å². The normalized spacial score (nSPS) is 10.4. The lowest BCUT2D eigenvalue weighted by Gasteiger charge is -2.15. The number of halogens is 1. The van der Waals surface area contributed by atoms with E-state index >= 15 is 0 Å². The first-order valence-electron chi connectivity index (χ1n) is 9.04. The molecule has 0 aromatic heterocycles. The minimum Gasteiger partial charge on any atom is -0.490 e. The van der Waals surface area contributed by atoms with Crippen LogP contribution >= 0.6 is 11.6 Å². The minimum atomic E-state index is 0.281. The Balaban J connectivity index is 1.67. The highest BCUT2D eigenvalue weighted by Gasteiger charge is 2.13. The van der Waals surface area contributed by atoms with Crippen LogP contribution in [-0.2, 0) is 0 Å². The Morgan fingerprint density at radius 3 is 2.32 bits per heavy atom. The zero-order chi connectivity index (χ0) is 19.8. The predicted molar refractivity (Wildman–Crippen MR) is 111 cm³/mol. The van der Waals surface area contributed by atoms with Gasteiger partial charge in [-0.2, -0.15) is 0 Å². The number of aldehydes is 1. The van der Waals surface area contributed by atoms with Crippen molar-refractivity contribution < 1.29 is 19.0 Å². The maximum Gasteiger partial charge on any atom is 0.179 e. The van der Waals surface area contributed by atoms with Crippen molar-refractivity contribution in [2.45, 2.75) is 6.92 Å². The van der Waals surface area contributed by atoms with Crippen molar-refractivity contribution in [3.8, 4) is 28.4 Å². The average molecular weight is 397 g/mol. The van der Waals surface area contributed by atoms with Crippen molar-refractivity contribution in [2.24, 2.45) is 0 Å². The predicted octanol–water partition coefficient (Wildman–Crippen LogP) is 5.68. The number of carbonyl (C=O) groups excluding carboxylic acids is 1. The van der Waals surface area contributed by atoms with E-state index in [1.807, 2.05) is 61.5 Å². The summed E-state index contributed by atoms with van der Waals surface area (Å²) in [6.07, 6.45) is 0.724. The van der Waals surface area contributed by atoms with Gasteiger partial charge in [0.1, 0.15) is 25.2 Å². The molecular weight excluding hydrogens is 376 g/mol. The van der Waals surface area contributed by atoms with E-state index in [0.29, 0.717) is 35.3 Å². The summed E-state index contributed by atoms with van der Waals surface area (Å²) < 4.78 is 17.3. The molecule has 0 fully saturated rings. The van der Waals surface area contributed by atoms with Crippen molar-refractivity contribution in [3.63, 3.8) is 0 Å².